The van der Waals surface area contributed by atoms with Crippen LogP contribution >= 0.6 is 18.1 Å². The molecule has 1 aliphatic heterocycles. The quantitative estimate of drug-likeness (QED) is 0.332. The molecule has 2 atom stereocenters. The molecule has 0 aromatic rings. The smallest absolute Gasteiger partial charge is 0.362 e. The third-order valence-corrected chi connectivity index (χ3v) is 4.80. The topological polar surface area (TPSA) is 90.8 Å². The van der Waals surface area contributed by atoms with Crippen molar-refractivity contribution in [2.75, 3.05) is 40.4 Å². The second kappa shape index (κ2) is 6.44. The minimum Gasteiger partial charge on any atom is -0.368 e. The van der Waals surface area contributed by atoms with Crippen molar-refractivity contribution in [3.8, 4) is 0 Å². The lowest BCUT2D eigenvalue weighted by Crippen LogP contribution is -2.41. The number of azide groups is 1. The van der Waals surface area contributed by atoms with Gasteiger partial charge in [-0.05, 0) is 30.6 Å². The van der Waals surface area contributed by atoms with Gasteiger partial charge in [-0.3, -0.25) is 4.57 Å². The van der Waals surface area contributed by atoms with Gasteiger partial charge in [-0.1, -0.05) is 0 Å². The standard InChI is InChI=1S/C7H15ClN5O3P/c1-12(2)17(8,14)16-6-7-5-13(11-10-9)3-4-15-7/h7H,3-6H2,1-2H3. The Bertz CT molecular complexity index is 348. The summed E-state index contributed by atoms with van der Waals surface area (Å²) in [4.78, 5) is 2.70. The zero-order valence-electron chi connectivity index (χ0n) is 9.69. The summed E-state index contributed by atoms with van der Waals surface area (Å²) >= 11 is 5.70. The van der Waals surface area contributed by atoms with Crippen LogP contribution in [0.3, 0.4) is 0 Å². The minimum atomic E-state index is -3.26. The van der Waals surface area contributed by atoms with Gasteiger partial charge in [0.15, 0.2) is 0 Å². The third-order valence-electron chi connectivity index (χ3n) is 2.18. The summed E-state index contributed by atoms with van der Waals surface area (Å²) in [5, 5.41) is 5.01. The first-order valence-electron chi connectivity index (χ1n) is 4.99. The van der Waals surface area contributed by atoms with Gasteiger partial charge in [-0.25, -0.2) is 9.68 Å². The van der Waals surface area contributed by atoms with Crippen LogP contribution in [0.25, 0.3) is 10.4 Å². The van der Waals surface area contributed by atoms with Gasteiger partial charge in [0.05, 0.1) is 13.2 Å². The Balaban J connectivity index is 2.42. The van der Waals surface area contributed by atoms with Crippen molar-refractivity contribution >= 4 is 18.1 Å². The average Bonchev–Trinajstić information content (AvgIpc) is 2.27. The van der Waals surface area contributed by atoms with Crippen molar-refractivity contribution in [2.24, 2.45) is 5.22 Å². The molecule has 0 aromatic carbocycles. The van der Waals surface area contributed by atoms with Crippen LogP contribution in [0, 0.1) is 0 Å². The summed E-state index contributed by atoms with van der Waals surface area (Å²) in [6, 6.07) is 0. The zero-order valence-corrected chi connectivity index (χ0v) is 11.3. The summed E-state index contributed by atoms with van der Waals surface area (Å²) in [5.74, 6) is 0. The highest BCUT2D eigenvalue weighted by atomic mass is 35.7. The Hall–Kier alpha value is -0.490. The van der Waals surface area contributed by atoms with Gasteiger partial charge >= 0.3 is 6.87 Å². The van der Waals surface area contributed by atoms with E-state index < -0.39 is 6.87 Å². The summed E-state index contributed by atoms with van der Waals surface area (Å²) in [6.07, 6.45) is -0.304. The maximum atomic E-state index is 11.7. The molecule has 1 fully saturated rings. The number of nitrogens with zero attached hydrogens (tertiary/aromatic N) is 5. The lowest BCUT2D eigenvalue weighted by Gasteiger charge is -2.28. The largest absolute Gasteiger partial charge is 0.368 e. The van der Waals surface area contributed by atoms with E-state index in [1.165, 1.54) is 9.68 Å². The zero-order chi connectivity index (χ0) is 12.9. The molecule has 0 radical (unpaired) electrons. The first-order chi connectivity index (χ1) is 7.95. The fourth-order valence-electron chi connectivity index (χ4n) is 1.23. The van der Waals surface area contributed by atoms with Gasteiger partial charge in [-0.2, -0.15) is 4.91 Å². The predicted molar refractivity (Wildman–Crippen MR) is 63.6 cm³/mol. The highest BCUT2D eigenvalue weighted by molar-refractivity contribution is 7.83. The second-order valence-electron chi connectivity index (χ2n) is 3.68. The van der Waals surface area contributed by atoms with Gasteiger partial charge < -0.3 is 9.26 Å². The summed E-state index contributed by atoms with van der Waals surface area (Å²) < 4.78 is 23.5. The fraction of sp³-hybridized carbons (Fsp3) is 1.00. The predicted octanol–water partition coefficient (Wildman–Crippen LogP) is 1.84. The van der Waals surface area contributed by atoms with Crippen LogP contribution in [-0.4, -0.2) is 56.2 Å². The molecular formula is C7H15ClN5O3P. The number of hydrogen-bond donors (Lipinski definition) is 0. The SMILES string of the molecule is CN(C)P(=O)(Cl)OCC1CN(N=[N+]=[N-])CCO1. The Morgan fingerprint density at radius 1 is 1.76 bits per heavy atom. The molecule has 1 rings (SSSR count). The van der Waals surface area contributed by atoms with E-state index in [0.717, 1.165) is 0 Å². The number of hydrogen-bond acceptors (Lipinski definition) is 4. The van der Waals surface area contributed by atoms with Crippen LogP contribution in [0.1, 0.15) is 0 Å². The molecule has 98 valence electrons. The lowest BCUT2D eigenvalue weighted by molar-refractivity contribution is -0.0481. The van der Waals surface area contributed by atoms with Gasteiger partial charge in [0.2, 0.25) is 0 Å². The van der Waals surface area contributed by atoms with Crippen LogP contribution in [0.5, 0.6) is 0 Å². The van der Waals surface area contributed by atoms with Gasteiger partial charge in [0.25, 0.3) is 0 Å². The molecule has 0 aromatic heterocycles. The van der Waals surface area contributed by atoms with Crippen LogP contribution in [-0.2, 0) is 13.8 Å². The third kappa shape index (κ3) is 4.71. The fourth-order valence-corrected chi connectivity index (χ4v) is 1.98. The Labute approximate surface area is 104 Å². The molecule has 17 heavy (non-hydrogen) atoms. The van der Waals surface area contributed by atoms with Crippen molar-refractivity contribution in [1.29, 1.82) is 0 Å². The first kappa shape index (κ1) is 14.6. The van der Waals surface area contributed by atoms with Crippen molar-refractivity contribution in [1.82, 2.24) is 9.68 Å². The highest BCUT2D eigenvalue weighted by Crippen LogP contribution is 2.54. The molecule has 0 aliphatic carbocycles. The molecule has 1 heterocycles. The molecule has 8 nitrogen and oxygen atoms in total. The summed E-state index contributed by atoms with van der Waals surface area (Å²) in [6.45, 7) is -1.81. The van der Waals surface area contributed by atoms with E-state index in [9.17, 15) is 4.57 Å². The van der Waals surface area contributed by atoms with E-state index in [0.29, 0.717) is 19.7 Å². The Morgan fingerprint density at radius 2 is 2.47 bits per heavy atom. The Kier molecular flexibility index (Phi) is 5.52. The van der Waals surface area contributed by atoms with Crippen molar-refractivity contribution in [2.45, 2.75) is 6.10 Å². The number of morpholine rings is 1. The van der Waals surface area contributed by atoms with Crippen LogP contribution in [0.15, 0.2) is 5.22 Å². The molecule has 0 bridgehead atoms. The molecule has 0 saturated carbocycles. The van der Waals surface area contributed by atoms with Crippen LogP contribution < -0.4 is 0 Å². The summed E-state index contributed by atoms with van der Waals surface area (Å²) in [7, 11) is 3.14. The van der Waals surface area contributed by atoms with E-state index in [4.69, 9.17) is 26.0 Å². The van der Waals surface area contributed by atoms with Crippen LogP contribution in [0.4, 0.5) is 0 Å². The molecule has 2 unspecified atom stereocenters. The van der Waals surface area contributed by atoms with Gasteiger partial charge in [0, 0.05) is 0 Å². The van der Waals surface area contributed by atoms with Crippen molar-refractivity contribution in [3.63, 3.8) is 0 Å². The van der Waals surface area contributed by atoms with Gasteiger partial charge in [0.1, 0.15) is 19.2 Å². The molecule has 0 N–H and O–H groups in total. The first-order valence-corrected chi connectivity index (χ1v) is 7.47. The van der Waals surface area contributed by atoms with E-state index in [-0.39, 0.29) is 12.7 Å². The van der Waals surface area contributed by atoms with E-state index in [1.807, 2.05) is 0 Å². The van der Waals surface area contributed by atoms with Crippen molar-refractivity contribution in [3.05, 3.63) is 10.4 Å². The normalized spacial score (nSPS) is 24.2. The van der Waals surface area contributed by atoms with Crippen LogP contribution in [0.2, 0.25) is 0 Å². The highest BCUT2D eigenvalue weighted by Gasteiger charge is 2.28. The minimum absolute atomic E-state index is 0.0937. The number of ether oxygens (including phenoxy) is 1. The molecule has 1 aliphatic rings. The molecular weight excluding hydrogens is 269 g/mol. The molecule has 0 spiro atoms. The molecule has 0 amide bonds. The van der Waals surface area contributed by atoms with Crippen molar-refractivity contribution < 1.29 is 13.8 Å². The van der Waals surface area contributed by atoms with E-state index in [1.54, 1.807) is 14.1 Å². The summed E-state index contributed by atoms with van der Waals surface area (Å²) in [5.41, 5.74) is 8.31. The van der Waals surface area contributed by atoms with E-state index >= 15 is 0 Å². The molecule has 10 heteroatoms. The van der Waals surface area contributed by atoms with E-state index in [2.05, 4.69) is 10.1 Å². The monoisotopic (exact) mass is 283 g/mol. The number of halogens is 1. The average molecular weight is 284 g/mol. The molecule has 1 saturated heterocycles. The second-order valence-corrected chi connectivity index (χ2v) is 6.92. The van der Waals surface area contributed by atoms with Gasteiger partial charge in [-0.15, -0.1) is 5.53 Å². The lowest BCUT2D eigenvalue weighted by atomic mass is 10.3. The Morgan fingerprint density at radius 3 is 3.06 bits per heavy atom. The maximum absolute atomic E-state index is 11.7. The maximum Gasteiger partial charge on any atom is 0.362 e. The number of rotatable bonds is 5.